The van der Waals surface area contributed by atoms with E-state index >= 15 is 0 Å². The van der Waals surface area contributed by atoms with E-state index in [0.717, 1.165) is 16.6 Å². The van der Waals surface area contributed by atoms with E-state index in [0.29, 0.717) is 5.58 Å². The molecule has 3 heterocycles. The van der Waals surface area contributed by atoms with Crippen molar-refractivity contribution in [1.29, 1.82) is 0 Å². The number of hydrogen-bond donors (Lipinski definition) is 0. The van der Waals surface area contributed by atoms with Crippen LogP contribution in [0.25, 0.3) is 16.6 Å². The van der Waals surface area contributed by atoms with Crippen LogP contribution in [0.1, 0.15) is 5.56 Å². The molecule has 3 heteroatoms. The first-order chi connectivity index (χ1) is 7.27. The predicted octanol–water partition coefficient (Wildman–Crippen LogP) is 2.35. The average Bonchev–Trinajstić information content (AvgIpc) is 2.54. The number of pyridine rings is 1. The lowest BCUT2D eigenvalue weighted by atomic mass is 10.3. The molecule has 3 aromatic heterocycles. The summed E-state index contributed by atoms with van der Waals surface area (Å²) in [4.78, 5) is 11.1. The standard InChI is InChI=1S/C12H9NO2/c1-8-9-4-2-3-7-13(9)10-5-6-11(14)15-12(8)10/h2-7H,1H3. The van der Waals surface area contributed by atoms with Gasteiger partial charge in [0.05, 0.1) is 11.0 Å². The molecule has 0 aliphatic heterocycles. The van der Waals surface area contributed by atoms with E-state index in [-0.39, 0.29) is 5.63 Å². The molecule has 0 atom stereocenters. The van der Waals surface area contributed by atoms with Crippen molar-refractivity contribution in [3.8, 4) is 0 Å². The van der Waals surface area contributed by atoms with E-state index in [1.807, 2.05) is 35.7 Å². The van der Waals surface area contributed by atoms with E-state index in [2.05, 4.69) is 0 Å². The van der Waals surface area contributed by atoms with Gasteiger partial charge in [0.2, 0.25) is 0 Å². The van der Waals surface area contributed by atoms with Gasteiger partial charge in [0.1, 0.15) is 0 Å². The van der Waals surface area contributed by atoms with Crippen LogP contribution in [0.3, 0.4) is 0 Å². The highest BCUT2D eigenvalue weighted by molar-refractivity contribution is 5.86. The number of hydrogen-bond acceptors (Lipinski definition) is 2. The Morgan fingerprint density at radius 3 is 2.87 bits per heavy atom. The van der Waals surface area contributed by atoms with Crippen molar-refractivity contribution in [2.24, 2.45) is 0 Å². The Kier molecular flexibility index (Phi) is 1.51. The molecule has 0 spiro atoms. The summed E-state index contributed by atoms with van der Waals surface area (Å²) in [6.45, 7) is 1.96. The zero-order valence-corrected chi connectivity index (χ0v) is 8.23. The number of rotatable bonds is 0. The number of aromatic nitrogens is 1. The van der Waals surface area contributed by atoms with Crippen molar-refractivity contribution in [2.75, 3.05) is 0 Å². The first-order valence-electron chi connectivity index (χ1n) is 4.77. The molecule has 0 N–H and O–H groups in total. The van der Waals surface area contributed by atoms with Crippen molar-refractivity contribution in [1.82, 2.24) is 4.40 Å². The van der Waals surface area contributed by atoms with Gasteiger partial charge in [-0.15, -0.1) is 0 Å². The Morgan fingerprint density at radius 1 is 1.13 bits per heavy atom. The van der Waals surface area contributed by atoms with Crippen LogP contribution in [-0.4, -0.2) is 4.40 Å². The van der Waals surface area contributed by atoms with Crippen LogP contribution in [0, 0.1) is 6.92 Å². The first-order valence-corrected chi connectivity index (χ1v) is 4.77. The van der Waals surface area contributed by atoms with Crippen LogP contribution in [0.4, 0.5) is 0 Å². The quantitative estimate of drug-likeness (QED) is 0.557. The van der Waals surface area contributed by atoms with Crippen molar-refractivity contribution in [2.45, 2.75) is 6.92 Å². The summed E-state index contributed by atoms with van der Waals surface area (Å²) >= 11 is 0. The van der Waals surface area contributed by atoms with E-state index in [9.17, 15) is 4.79 Å². The third kappa shape index (κ3) is 1.03. The monoisotopic (exact) mass is 199 g/mol. The van der Waals surface area contributed by atoms with Crippen LogP contribution in [0.2, 0.25) is 0 Å². The molecular formula is C12H9NO2. The van der Waals surface area contributed by atoms with E-state index in [1.165, 1.54) is 6.07 Å². The van der Waals surface area contributed by atoms with Gasteiger partial charge in [-0.25, -0.2) is 4.79 Å². The Hall–Kier alpha value is -2.03. The Balaban J connectivity index is 2.69. The fraction of sp³-hybridized carbons (Fsp3) is 0.0833. The lowest BCUT2D eigenvalue weighted by Gasteiger charge is -1.93. The van der Waals surface area contributed by atoms with Gasteiger partial charge in [-0.3, -0.25) is 0 Å². The smallest absolute Gasteiger partial charge is 0.336 e. The number of nitrogens with zero attached hydrogens (tertiary/aromatic N) is 1. The topological polar surface area (TPSA) is 34.6 Å². The normalized spacial score (nSPS) is 11.3. The van der Waals surface area contributed by atoms with Gasteiger partial charge in [0.25, 0.3) is 0 Å². The van der Waals surface area contributed by atoms with Gasteiger partial charge in [-0.05, 0) is 25.1 Å². The largest absolute Gasteiger partial charge is 0.421 e. The molecule has 0 saturated heterocycles. The highest BCUT2D eigenvalue weighted by Gasteiger charge is 2.09. The summed E-state index contributed by atoms with van der Waals surface area (Å²) in [6, 6.07) is 9.17. The molecule has 0 aliphatic carbocycles. The third-order valence-electron chi connectivity index (χ3n) is 2.66. The molecule has 0 fully saturated rings. The molecule has 74 valence electrons. The summed E-state index contributed by atoms with van der Waals surface area (Å²) in [5.41, 5.74) is 3.38. The SMILES string of the molecule is Cc1c2oc(=O)ccc2n2ccccc12. The minimum atomic E-state index is -0.304. The van der Waals surface area contributed by atoms with E-state index in [1.54, 1.807) is 6.07 Å². The van der Waals surface area contributed by atoms with Crippen LogP contribution in [0.15, 0.2) is 45.7 Å². The van der Waals surface area contributed by atoms with Gasteiger partial charge in [0.15, 0.2) is 5.58 Å². The summed E-state index contributed by atoms with van der Waals surface area (Å²) < 4.78 is 7.22. The van der Waals surface area contributed by atoms with Crippen LogP contribution >= 0.6 is 0 Å². The van der Waals surface area contributed by atoms with Gasteiger partial charge in [-0.2, -0.15) is 0 Å². The Labute approximate surface area is 85.6 Å². The average molecular weight is 199 g/mol. The highest BCUT2D eigenvalue weighted by Crippen LogP contribution is 2.23. The maximum Gasteiger partial charge on any atom is 0.336 e. The molecular weight excluding hydrogens is 190 g/mol. The minimum Gasteiger partial charge on any atom is -0.421 e. The van der Waals surface area contributed by atoms with Crippen LogP contribution in [0.5, 0.6) is 0 Å². The predicted molar refractivity (Wildman–Crippen MR) is 58.2 cm³/mol. The lowest BCUT2D eigenvalue weighted by Crippen LogP contribution is -1.94. The zero-order valence-electron chi connectivity index (χ0n) is 8.23. The van der Waals surface area contributed by atoms with Crippen LogP contribution < -0.4 is 5.63 Å². The third-order valence-corrected chi connectivity index (χ3v) is 2.66. The second-order valence-electron chi connectivity index (χ2n) is 3.55. The highest BCUT2D eigenvalue weighted by atomic mass is 16.4. The van der Waals surface area contributed by atoms with Crippen molar-refractivity contribution in [3.63, 3.8) is 0 Å². The molecule has 0 amide bonds. The minimum absolute atomic E-state index is 0.304. The van der Waals surface area contributed by atoms with Crippen molar-refractivity contribution < 1.29 is 4.42 Å². The number of aryl methyl sites for hydroxylation is 1. The summed E-state index contributed by atoms with van der Waals surface area (Å²) in [5.74, 6) is 0. The molecule has 3 rings (SSSR count). The molecule has 0 bridgehead atoms. The van der Waals surface area contributed by atoms with E-state index < -0.39 is 0 Å². The molecule has 0 saturated carbocycles. The molecule has 0 aromatic carbocycles. The van der Waals surface area contributed by atoms with E-state index in [4.69, 9.17) is 4.42 Å². The molecule has 0 aliphatic rings. The fourth-order valence-corrected chi connectivity index (χ4v) is 1.94. The summed E-state index contributed by atoms with van der Waals surface area (Å²) in [5, 5.41) is 0. The second kappa shape index (κ2) is 2.73. The lowest BCUT2D eigenvalue weighted by molar-refractivity contribution is 0.559. The zero-order chi connectivity index (χ0) is 10.4. The summed E-state index contributed by atoms with van der Waals surface area (Å²) in [6.07, 6.45) is 1.96. The fourth-order valence-electron chi connectivity index (χ4n) is 1.94. The second-order valence-corrected chi connectivity index (χ2v) is 3.55. The van der Waals surface area contributed by atoms with Crippen LogP contribution in [-0.2, 0) is 0 Å². The van der Waals surface area contributed by atoms with Gasteiger partial charge >= 0.3 is 5.63 Å². The first kappa shape index (κ1) is 8.29. The maximum absolute atomic E-state index is 11.1. The van der Waals surface area contributed by atoms with Crippen molar-refractivity contribution >= 4 is 16.6 Å². The van der Waals surface area contributed by atoms with Gasteiger partial charge in [0, 0.05) is 17.8 Å². The Morgan fingerprint density at radius 2 is 2.00 bits per heavy atom. The molecule has 15 heavy (non-hydrogen) atoms. The Bertz CT molecular complexity index is 706. The van der Waals surface area contributed by atoms with Gasteiger partial charge in [-0.1, -0.05) is 6.07 Å². The van der Waals surface area contributed by atoms with Crippen molar-refractivity contribution in [3.05, 3.63) is 52.5 Å². The molecule has 3 nitrogen and oxygen atoms in total. The molecule has 3 aromatic rings. The molecule has 0 unspecified atom stereocenters. The number of fused-ring (bicyclic) bond motifs is 3. The van der Waals surface area contributed by atoms with Gasteiger partial charge < -0.3 is 8.82 Å². The summed E-state index contributed by atoms with van der Waals surface area (Å²) in [7, 11) is 0. The molecule has 0 radical (unpaired) electrons. The maximum atomic E-state index is 11.1.